The lowest BCUT2D eigenvalue weighted by molar-refractivity contribution is -0.113. The zero-order chi connectivity index (χ0) is 19.3. The lowest BCUT2D eigenvalue weighted by Gasteiger charge is -2.17. The van der Waals surface area contributed by atoms with Crippen molar-refractivity contribution in [2.45, 2.75) is 25.7 Å². The van der Waals surface area contributed by atoms with Gasteiger partial charge in [0, 0.05) is 18.9 Å². The standard InChI is InChI=1S/C20H23NO4S/c1-5-25-18-10-8-17(9-11-18)21(4)14-20(16(3)22)26(23,24)19-12-6-15(2)7-13-19/h6-14H,5H2,1-4H3/b20-14+. The van der Waals surface area contributed by atoms with E-state index in [1.54, 1.807) is 48.3 Å². The SMILES string of the molecule is CCOc1ccc(N(C)/C=C(\C(C)=O)S(=O)(=O)c2ccc(C)cc2)cc1. The fraction of sp³-hybridized carbons (Fsp3) is 0.250. The first kappa shape index (κ1) is 19.7. The maximum Gasteiger partial charge on any atom is 0.211 e. The van der Waals surface area contributed by atoms with Crippen molar-refractivity contribution in [1.82, 2.24) is 0 Å². The number of nitrogens with zero attached hydrogens (tertiary/aromatic N) is 1. The van der Waals surface area contributed by atoms with Crippen LogP contribution in [0.1, 0.15) is 19.4 Å². The van der Waals surface area contributed by atoms with E-state index in [-0.39, 0.29) is 9.80 Å². The second-order valence-electron chi connectivity index (χ2n) is 5.90. The number of ether oxygens (including phenoxy) is 1. The zero-order valence-corrected chi connectivity index (χ0v) is 16.2. The Labute approximate surface area is 154 Å². The Kier molecular flexibility index (Phi) is 6.21. The third-order valence-electron chi connectivity index (χ3n) is 3.83. The van der Waals surface area contributed by atoms with Crippen molar-refractivity contribution in [3.8, 4) is 5.75 Å². The Morgan fingerprint density at radius 2 is 1.65 bits per heavy atom. The molecule has 0 aromatic heterocycles. The van der Waals surface area contributed by atoms with Gasteiger partial charge in [-0.2, -0.15) is 0 Å². The lowest BCUT2D eigenvalue weighted by Crippen LogP contribution is -2.17. The summed E-state index contributed by atoms with van der Waals surface area (Å²) in [6.45, 7) is 5.59. The number of ketones is 1. The summed E-state index contributed by atoms with van der Waals surface area (Å²) in [4.78, 5) is 13.5. The van der Waals surface area contributed by atoms with Crippen molar-refractivity contribution in [2.24, 2.45) is 0 Å². The number of allylic oxidation sites excluding steroid dienone is 1. The third kappa shape index (κ3) is 4.52. The van der Waals surface area contributed by atoms with E-state index in [9.17, 15) is 13.2 Å². The number of Topliss-reactive ketones (excluding diaryl/α,β-unsaturated/α-hetero) is 1. The topological polar surface area (TPSA) is 63.7 Å². The molecular weight excluding hydrogens is 350 g/mol. The number of rotatable bonds is 7. The van der Waals surface area contributed by atoms with E-state index in [1.165, 1.54) is 25.3 Å². The molecule has 138 valence electrons. The van der Waals surface area contributed by atoms with Gasteiger partial charge in [-0.1, -0.05) is 17.7 Å². The maximum absolute atomic E-state index is 12.9. The molecule has 0 fully saturated rings. The fourth-order valence-corrected chi connectivity index (χ4v) is 3.81. The van der Waals surface area contributed by atoms with E-state index in [1.807, 2.05) is 13.8 Å². The Balaban J connectivity index is 2.38. The van der Waals surface area contributed by atoms with Crippen molar-refractivity contribution < 1.29 is 17.9 Å². The summed E-state index contributed by atoms with van der Waals surface area (Å²) in [5, 5.41) is 0. The Bertz CT molecular complexity index is 898. The molecule has 0 unspecified atom stereocenters. The highest BCUT2D eigenvalue weighted by Gasteiger charge is 2.25. The first-order chi connectivity index (χ1) is 12.3. The van der Waals surface area contributed by atoms with Crippen LogP contribution < -0.4 is 9.64 Å². The van der Waals surface area contributed by atoms with Crippen molar-refractivity contribution in [3.63, 3.8) is 0 Å². The van der Waals surface area contributed by atoms with Crippen molar-refractivity contribution >= 4 is 21.3 Å². The summed E-state index contributed by atoms with van der Waals surface area (Å²) in [6, 6.07) is 13.6. The second kappa shape index (κ2) is 8.19. The lowest BCUT2D eigenvalue weighted by atomic mass is 10.2. The number of sulfone groups is 1. The third-order valence-corrected chi connectivity index (χ3v) is 5.70. The van der Waals surface area contributed by atoms with Gasteiger partial charge in [0.15, 0.2) is 5.78 Å². The molecule has 0 bridgehead atoms. The summed E-state index contributed by atoms with van der Waals surface area (Å²) in [6.07, 6.45) is 1.35. The summed E-state index contributed by atoms with van der Waals surface area (Å²) in [5.41, 5.74) is 1.69. The van der Waals surface area contributed by atoms with Crippen molar-refractivity contribution in [2.75, 3.05) is 18.6 Å². The zero-order valence-electron chi connectivity index (χ0n) is 15.4. The first-order valence-corrected chi connectivity index (χ1v) is 9.74. The van der Waals surface area contributed by atoms with E-state index in [0.29, 0.717) is 6.61 Å². The molecule has 0 atom stereocenters. The van der Waals surface area contributed by atoms with Gasteiger partial charge in [-0.25, -0.2) is 8.42 Å². The van der Waals surface area contributed by atoms with E-state index in [2.05, 4.69) is 0 Å². The van der Waals surface area contributed by atoms with Crippen LogP contribution in [0.3, 0.4) is 0 Å². The molecule has 0 radical (unpaired) electrons. The molecule has 0 spiro atoms. The molecule has 26 heavy (non-hydrogen) atoms. The van der Waals surface area contributed by atoms with Crippen LogP contribution in [-0.2, 0) is 14.6 Å². The molecule has 0 saturated heterocycles. The quantitative estimate of drug-likeness (QED) is 0.692. The van der Waals surface area contributed by atoms with Gasteiger partial charge in [0.1, 0.15) is 10.7 Å². The van der Waals surface area contributed by atoms with Gasteiger partial charge in [0.25, 0.3) is 0 Å². The smallest absolute Gasteiger partial charge is 0.211 e. The molecule has 0 aliphatic rings. The fourth-order valence-electron chi connectivity index (χ4n) is 2.39. The van der Waals surface area contributed by atoms with Gasteiger partial charge < -0.3 is 9.64 Å². The average Bonchev–Trinajstić information content (AvgIpc) is 2.60. The van der Waals surface area contributed by atoms with Gasteiger partial charge in [0.05, 0.1) is 11.5 Å². The van der Waals surface area contributed by atoms with E-state index in [0.717, 1.165) is 17.0 Å². The second-order valence-corrected chi connectivity index (χ2v) is 7.82. The van der Waals surface area contributed by atoms with Crippen LogP contribution in [0, 0.1) is 6.92 Å². The van der Waals surface area contributed by atoms with Crippen LogP contribution in [0.5, 0.6) is 5.75 Å². The molecule has 0 aliphatic heterocycles. The summed E-state index contributed by atoms with van der Waals surface area (Å²) < 4.78 is 31.1. The van der Waals surface area contributed by atoms with Crippen LogP contribution >= 0.6 is 0 Å². The Hall–Kier alpha value is -2.60. The number of aryl methyl sites for hydroxylation is 1. The molecule has 6 heteroatoms. The highest BCUT2D eigenvalue weighted by atomic mass is 32.2. The van der Waals surface area contributed by atoms with Crippen LogP contribution in [0.2, 0.25) is 0 Å². The predicted molar refractivity (Wildman–Crippen MR) is 103 cm³/mol. The molecule has 0 saturated carbocycles. The minimum atomic E-state index is -3.89. The van der Waals surface area contributed by atoms with Gasteiger partial charge in [-0.05, 0) is 57.2 Å². The van der Waals surface area contributed by atoms with Crippen LogP contribution in [0.4, 0.5) is 5.69 Å². The van der Waals surface area contributed by atoms with Crippen LogP contribution in [0.15, 0.2) is 64.5 Å². The van der Waals surface area contributed by atoms with Crippen molar-refractivity contribution in [3.05, 3.63) is 65.2 Å². The summed E-state index contributed by atoms with van der Waals surface area (Å²) in [5.74, 6) is 0.219. The highest BCUT2D eigenvalue weighted by Crippen LogP contribution is 2.24. The number of carbonyl (C=O) groups is 1. The molecule has 0 amide bonds. The van der Waals surface area contributed by atoms with E-state index < -0.39 is 15.6 Å². The minimum Gasteiger partial charge on any atom is -0.494 e. The molecule has 2 aromatic rings. The predicted octanol–water partition coefficient (Wildman–Crippen LogP) is 3.73. The molecule has 0 aliphatic carbocycles. The average molecular weight is 373 g/mol. The molecule has 2 rings (SSSR count). The normalized spacial score (nSPS) is 11.9. The first-order valence-electron chi connectivity index (χ1n) is 8.26. The molecular formula is C20H23NO4S. The highest BCUT2D eigenvalue weighted by molar-refractivity contribution is 7.96. The maximum atomic E-state index is 12.9. The Morgan fingerprint density at radius 3 is 2.15 bits per heavy atom. The monoisotopic (exact) mass is 373 g/mol. The molecule has 2 aromatic carbocycles. The Morgan fingerprint density at radius 1 is 1.08 bits per heavy atom. The van der Waals surface area contributed by atoms with Gasteiger partial charge in [-0.3, -0.25) is 4.79 Å². The number of carbonyl (C=O) groups excluding carboxylic acids is 1. The van der Waals surface area contributed by atoms with Gasteiger partial charge in [0.2, 0.25) is 9.84 Å². The summed E-state index contributed by atoms with van der Waals surface area (Å²) >= 11 is 0. The largest absolute Gasteiger partial charge is 0.494 e. The van der Waals surface area contributed by atoms with Crippen LogP contribution in [0.25, 0.3) is 0 Å². The number of anilines is 1. The van der Waals surface area contributed by atoms with E-state index >= 15 is 0 Å². The number of benzene rings is 2. The van der Waals surface area contributed by atoms with Crippen LogP contribution in [-0.4, -0.2) is 27.9 Å². The van der Waals surface area contributed by atoms with E-state index in [4.69, 9.17) is 4.74 Å². The van der Waals surface area contributed by atoms with Gasteiger partial charge >= 0.3 is 0 Å². The minimum absolute atomic E-state index is 0.102. The molecule has 5 nitrogen and oxygen atoms in total. The molecule has 0 N–H and O–H groups in total. The van der Waals surface area contributed by atoms with Gasteiger partial charge in [-0.15, -0.1) is 0 Å². The number of hydrogen-bond donors (Lipinski definition) is 0. The molecule has 0 heterocycles. The van der Waals surface area contributed by atoms with Crippen molar-refractivity contribution in [1.29, 1.82) is 0 Å². The number of hydrogen-bond acceptors (Lipinski definition) is 5. The summed E-state index contributed by atoms with van der Waals surface area (Å²) in [7, 11) is -2.19.